The first kappa shape index (κ1) is 26.1. The second-order valence-corrected chi connectivity index (χ2v) is 22.0. The molecule has 0 saturated carbocycles. The summed E-state index contributed by atoms with van der Waals surface area (Å²) in [6, 6.07) is 22.9. The van der Waals surface area contributed by atoms with Crippen molar-refractivity contribution in [2.24, 2.45) is 0 Å². The van der Waals surface area contributed by atoms with Gasteiger partial charge in [-0.2, -0.15) is 24.3 Å². The number of rotatable bonds is 4. The van der Waals surface area contributed by atoms with E-state index >= 15 is 0 Å². The summed E-state index contributed by atoms with van der Waals surface area (Å²) in [5.74, 6) is 0. The van der Waals surface area contributed by atoms with Gasteiger partial charge in [0, 0.05) is 28.5 Å². The summed E-state index contributed by atoms with van der Waals surface area (Å²) in [5, 5.41) is 0. The maximum atomic E-state index is 4.34. The van der Waals surface area contributed by atoms with Crippen LogP contribution < -0.4 is 9.00 Å². The van der Waals surface area contributed by atoms with Gasteiger partial charge in [0.2, 0.25) is 0 Å². The van der Waals surface area contributed by atoms with E-state index in [0.717, 1.165) is 21.1 Å². The number of aromatic nitrogens is 2. The molecule has 0 amide bonds. The van der Waals surface area contributed by atoms with E-state index in [1.54, 1.807) is 0 Å². The summed E-state index contributed by atoms with van der Waals surface area (Å²) in [4.78, 5) is 11.0. The summed E-state index contributed by atoms with van der Waals surface area (Å²) in [6.07, 6.45) is 3.66. The average Bonchev–Trinajstić information content (AvgIpc) is 3.40. The molecule has 0 radical (unpaired) electrons. The number of thiophene rings is 2. The first-order valence-corrected chi connectivity index (χ1v) is 18.6. The van der Waals surface area contributed by atoms with Crippen molar-refractivity contribution in [3.63, 3.8) is 0 Å². The summed E-state index contributed by atoms with van der Waals surface area (Å²) in [5.41, 5.74) is 2.07. The van der Waals surface area contributed by atoms with Gasteiger partial charge in [0.15, 0.2) is 0 Å². The van der Waals surface area contributed by atoms with Crippen LogP contribution in [0.4, 0.5) is 0 Å². The second-order valence-electron chi connectivity index (χ2n) is 9.10. The van der Waals surface area contributed by atoms with Crippen LogP contribution in [-0.2, 0) is 21.1 Å². The quantitative estimate of drug-likeness (QED) is 0.190. The second kappa shape index (κ2) is 11.1. The fourth-order valence-electron chi connectivity index (χ4n) is 2.59. The summed E-state index contributed by atoms with van der Waals surface area (Å²) < 4.78 is 2.98. The van der Waals surface area contributed by atoms with Gasteiger partial charge in [-0.1, -0.05) is 82.3 Å². The third-order valence-corrected chi connectivity index (χ3v) is 13.6. The Labute approximate surface area is 211 Å². The average molecular weight is 660 g/mol. The fraction of sp³-hybridized carbons (Fsp3) is 0.250. The van der Waals surface area contributed by atoms with Crippen LogP contribution >= 0.6 is 22.7 Å². The van der Waals surface area contributed by atoms with E-state index in [4.69, 9.17) is 0 Å². The molecule has 4 rings (SSSR count). The Bertz CT molecular complexity index is 978. The minimum absolute atomic E-state index is 0. The minimum atomic E-state index is -1.19. The van der Waals surface area contributed by atoms with E-state index in [-0.39, 0.29) is 21.1 Å². The minimum Gasteiger partial charge on any atom is -0.319 e. The molecule has 0 unspecified atom stereocenters. The number of nitrogens with zero attached hydrogens (tertiary/aromatic N) is 2. The molecule has 0 aromatic carbocycles. The smallest absolute Gasteiger partial charge is 0.319 e. The van der Waals surface area contributed by atoms with Crippen molar-refractivity contribution in [3.05, 3.63) is 73.1 Å². The standard InChI is InChI=1S/2C12H14NSSi.Pt/c2*1-15(2,3)12-8-7-11(14-12)10-6-4-5-9-13-10;/h2*4-6,8-9H,1-3H3;/q2*-1;+2. The first-order valence-electron chi connectivity index (χ1n) is 10.0. The van der Waals surface area contributed by atoms with Crippen molar-refractivity contribution in [2.45, 2.75) is 39.3 Å². The Morgan fingerprint density at radius 2 is 1.03 bits per heavy atom. The van der Waals surface area contributed by atoms with Crippen molar-refractivity contribution < 1.29 is 21.1 Å². The number of pyridine rings is 2. The van der Waals surface area contributed by atoms with Gasteiger partial charge >= 0.3 is 21.1 Å². The topological polar surface area (TPSA) is 25.8 Å². The zero-order valence-corrected chi connectivity index (χ0v) is 24.7. The van der Waals surface area contributed by atoms with Crippen molar-refractivity contribution in [1.29, 1.82) is 0 Å². The molecule has 0 aliphatic rings. The van der Waals surface area contributed by atoms with Crippen LogP contribution in [0, 0.1) is 12.1 Å². The first-order chi connectivity index (χ1) is 14.1. The van der Waals surface area contributed by atoms with Crippen LogP contribution in [0.25, 0.3) is 21.1 Å². The van der Waals surface area contributed by atoms with Crippen LogP contribution in [0.3, 0.4) is 0 Å². The molecule has 0 aliphatic carbocycles. The molecule has 7 heteroatoms. The molecule has 4 aromatic heterocycles. The van der Waals surface area contributed by atoms with E-state index in [2.05, 4.69) is 73.5 Å². The van der Waals surface area contributed by atoms with Crippen molar-refractivity contribution in [3.8, 4) is 21.1 Å². The summed E-state index contributed by atoms with van der Waals surface area (Å²) in [6.45, 7) is 14.1. The molecule has 0 saturated heterocycles. The largest absolute Gasteiger partial charge is 2.00 e. The predicted molar refractivity (Wildman–Crippen MR) is 139 cm³/mol. The van der Waals surface area contributed by atoms with Gasteiger partial charge in [-0.05, 0) is 23.5 Å². The van der Waals surface area contributed by atoms with Gasteiger partial charge in [-0.25, -0.2) is 22.7 Å². The Hall–Kier alpha value is -1.18. The van der Waals surface area contributed by atoms with Gasteiger partial charge < -0.3 is 9.97 Å². The molecule has 0 fully saturated rings. The number of hydrogen-bond donors (Lipinski definition) is 0. The van der Waals surface area contributed by atoms with Gasteiger partial charge in [-0.15, -0.1) is 0 Å². The Kier molecular flexibility index (Phi) is 9.34. The van der Waals surface area contributed by atoms with Crippen LogP contribution in [0.5, 0.6) is 0 Å². The zero-order chi connectivity index (χ0) is 21.8. The van der Waals surface area contributed by atoms with E-state index in [1.165, 1.54) is 9.00 Å². The van der Waals surface area contributed by atoms with Gasteiger partial charge in [0.1, 0.15) is 0 Å². The molecule has 2 nitrogen and oxygen atoms in total. The van der Waals surface area contributed by atoms with Crippen molar-refractivity contribution in [2.75, 3.05) is 0 Å². The normalized spacial score (nSPS) is 11.3. The molecule has 0 atom stereocenters. The molecular weight excluding hydrogens is 632 g/mol. The molecule has 0 spiro atoms. The van der Waals surface area contributed by atoms with Crippen LogP contribution in [-0.4, -0.2) is 26.1 Å². The molecule has 4 aromatic rings. The molecule has 4 heterocycles. The van der Waals surface area contributed by atoms with Gasteiger partial charge in [0.25, 0.3) is 0 Å². The van der Waals surface area contributed by atoms with E-state index in [9.17, 15) is 0 Å². The number of hydrogen-bond acceptors (Lipinski definition) is 4. The molecule has 31 heavy (non-hydrogen) atoms. The maximum Gasteiger partial charge on any atom is 2.00 e. The third kappa shape index (κ3) is 7.43. The molecule has 164 valence electrons. The molecule has 0 N–H and O–H groups in total. The van der Waals surface area contributed by atoms with Crippen LogP contribution in [0.1, 0.15) is 0 Å². The third-order valence-electron chi connectivity index (χ3n) is 4.37. The molecular formula is C24H28N2PtS2Si2. The van der Waals surface area contributed by atoms with Gasteiger partial charge in [0.05, 0.1) is 0 Å². The Morgan fingerprint density at radius 3 is 1.29 bits per heavy atom. The SMILES string of the molecule is C[Si](C)(C)c1c[c-]c(-c2ccccn2)s1.C[Si](C)(C)c1c[c-]c(-c2ccccn2)s1.[Pt+2]. The van der Waals surface area contributed by atoms with E-state index < -0.39 is 16.1 Å². The van der Waals surface area contributed by atoms with Crippen molar-refractivity contribution in [1.82, 2.24) is 9.97 Å². The summed E-state index contributed by atoms with van der Waals surface area (Å²) >= 11 is 3.67. The van der Waals surface area contributed by atoms with E-state index in [1.807, 2.05) is 71.5 Å². The van der Waals surface area contributed by atoms with Crippen molar-refractivity contribution >= 4 is 47.8 Å². The molecule has 0 bridgehead atoms. The summed E-state index contributed by atoms with van der Waals surface area (Å²) in [7, 11) is -2.37. The predicted octanol–water partition coefficient (Wildman–Crippen LogP) is 6.31. The van der Waals surface area contributed by atoms with E-state index in [0.29, 0.717) is 0 Å². The van der Waals surface area contributed by atoms with Gasteiger partial charge in [-0.3, -0.25) is 0 Å². The van der Waals surface area contributed by atoms with Crippen LogP contribution in [0.15, 0.2) is 60.9 Å². The molecule has 0 aliphatic heterocycles. The maximum absolute atomic E-state index is 4.34. The Balaban J connectivity index is 0.000000213. The zero-order valence-electron chi connectivity index (χ0n) is 18.8. The Morgan fingerprint density at radius 1 is 0.645 bits per heavy atom. The monoisotopic (exact) mass is 659 g/mol. The fourth-order valence-corrected chi connectivity index (χ4v) is 8.02. The van der Waals surface area contributed by atoms with Crippen LogP contribution in [0.2, 0.25) is 39.3 Å².